The highest BCUT2D eigenvalue weighted by molar-refractivity contribution is 7.89. The van der Waals surface area contributed by atoms with Gasteiger partial charge in [-0.05, 0) is 6.07 Å². The number of rotatable bonds is 7. The van der Waals surface area contributed by atoms with Gasteiger partial charge in [0.2, 0.25) is 10.0 Å². The Hall–Kier alpha value is -2.08. The quantitative estimate of drug-likeness (QED) is 0.401. The van der Waals surface area contributed by atoms with Crippen molar-refractivity contribution in [3.8, 4) is 0 Å². The Balaban J connectivity index is 2.21. The summed E-state index contributed by atoms with van der Waals surface area (Å²) in [6.07, 6.45) is 0. The summed E-state index contributed by atoms with van der Waals surface area (Å²) in [7, 11) is -3.09. The highest BCUT2D eigenvalue weighted by Crippen LogP contribution is 2.26. The van der Waals surface area contributed by atoms with Gasteiger partial charge in [-0.1, -0.05) is 6.07 Å². The van der Waals surface area contributed by atoms with Gasteiger partial charge in [-0.25, -0.2) is 17.9 Å². The highest BCUT2D eigenvalue weighted by atomic mass is 32.2. The number of methoxy groups -OCH3 is 1. The molecule has 1 heterocycles. The molecule has 0 saturated carbocycles. The molecule has 0 aromatic heterocycles. The van der Waals surface area contributed by atoms with Crippen molar-refractivity contribution in [2.75, 3.05) is 46.5 Å². The lowest BCUT2D eigenvalue weighted by Crippen LogP contribution is -2.41. The highest BCUT2D eigenvalue weighted by Gasteiger charge is 2.31. The molecule has 1 aromatic carbocycles. The van der Waals surface area contributed by atoms with Gasteiger partial charge in [0.1, 0.15) is 4.90 Å². The molecule has 1 aromatic rings. The number of hydrogen-bond donors (Lipinski definition) is 1. The first-order valence-corrected chi connectivity index (χ1v) is 9.00. The first kappa shape index (κ1) is 19.2. The molecular formula is C14H19N3O7S. The Morgan fingerprint density at radius 1 is 1.40 bits per heavy atom. The minimum absolute atomic E-state index is 0.103. The van der Waals surface area contributed by atoms with Crippen LogP contribution in [0.3, 0.4) is 0 Å². The Morgan fingerprint density at radius 3 is 2.68 bits per heavy atom. The SMILES string of the molecule is COC(=O)c1c([N+](=O)[O-])cccc1S(=O)(=O)NCCN1CCOCC1. The first-order chi connectivity index (χ1) is 11.9. The molecule has 0 amide bonds. The first-order valence-electron chi connectivity index (χ1n) is 7.52. The van der Waals surface area contributed by atoms with Crippen LogP contribution in [0.15, 0.2) is 23.1 Å². The number of nitrogens with zero attached hydrogens (tertiary/aromatic N) is 2. The monoisotopic (exact) mass is 373 g/mol. The Labute approximate surface area is 144 Å². The van der Waals surface area contributed by atoms with Crippen molar-refractivity contribution in [2.24, 2.45) is 0 Å². The number of nitrogens with one attached hydrogen (secondary N) is 1. The van der Waals surface area contributed by atoms with Crippen LogP contribution >= 0.6 is 0 Å². The zero-order valence-corrected chi connectivity index (χ0v) is 14.5. The molecule has 1 saturated heterocycles. The van der Waals surface area contributed by atoms with Crippen molar-refractivity contribution in [3.05, 3.63) is 33.9 Å². The molecule has 138 valence electrons. The second-order valence-corrected chi connectivity index (χ2v) is 6.99. The van der Waals surface area contributed by atoms with E-state index in [9.17, 15) is 23.3 Å². The van der Waals surface area contributed by atoms with E-state index in [2.05, 4.69) is 9.46 Å². The molecule has 1 aliphatic heterocycles. The van der Waals surface area contributed by atoms with Gasteiger partial charge >= 0.3 is 5.97 Å². The van der Waals surface area contributed by atoms with Crippen LogP contribution in [-0.2, 0) is 19.5 Å². The summed E-state index contributed by atoms with van der Waals surface area (Å²) >= 11 is 0. The molecule has 25 heavy (non-hydrogen) atoms. The van der Waals surface area contributed by atoms with Crippen molar-refractivity contribution in [2.45, 2.75) is 4.90 Å². The van der Waals surface area contributed by atoms with Crippen LogP contribution in [0.5, 0.6) is 0 Å². The average Bonchev–Trinajstić information content (AvgIpc) is 2.61. The minimum Gasteiger partial charge on any atom is -0.465 e. The van der Waals surface area contributed by atoms with Gasteiger partial charge in [-0.3, -0.25) is 15.0 Å². The smallest absolute Gasteiger partial charge is 0.346 e. The fourth-order valence-electron chi connectivity index (χ4n) is 2.44. The molecule has 1 aliphatic rings. The van der Waals surface area contributed by atoms with Crippen LogP contribution in [0, 0.1) is 10.1 Å². The average molecular weight is 373 g/mol. The normalized spacial score (nSPS) is 15.7. The largest absolute Gasteiger partial charge is 0.465 e. The van der Waals surface area contributed by atoms with Gasteiger partial charge in [-0.2, -0.15) is 0 Å². The number of nitro benzene ring substituents is 1. The molecule has 0 radical (unpaired) electrons. The maximum absolute atomic E-state index is 12.5. The fourth-order valence-corrected chi connectivity index (χ4v) is 3.67. The number of hydrogen-bond acceptors (Lipinski definition) is 8. The lowest BCUT2D eigenvalue weighted by atomic mass is 10.2. The summed E-state index contributed by atoms with van der Waals surface area (Å²) in [5, 5.41) is 11.1. The number of nitro groups is 1. The van der Waals surface area contributed by atoms with E-state index in [0.717, 1.165) is 19.2 Å². The summed E-state index contributed by atoms with van der Waals surface area (Å²) in [5.74, 6) is -1.08. The molecule has 0 aliphatic carbocycles. The van der Waals surface area contributed by atoms with E-state index in [0.29, 0.717) is 32.8 Å². The number of morpholine rings is 1. The third-order valence-electron chi connectivity index (χ3n) is 3.70. The lowest BCUT2D eigenvalue weighted by Gasteiger charge is -2.26. The predicted molar refractivity (Wildman–Crippen MR) is 86.9 cm³/mol. The molecule has 11 heteroatoms. The molecule has 1 fully saturated rings. The van der Waals surface area contributed by atoms with Crippen molar-refractivity contribution >= 4 is 21.7 Å². The molecule has 0 atom stereocenters. The molecule has 10 nitrogen and oxygen atoms in total. The van der Waals surface area contributed by atoms with Gasteiger partial charge in [0.05, 0.1) is 25.2 Å². The predicted octanol–water partition coefficient (Wildman–Crippen LogP) is -0.00810. The molecule has 1 N–H and O–H groups in total. The number of sulfonamides is 1. The van der Waals surface area contributed by atoms with Crippen molar-refractivity contribution in [3.63, 3.8) is 0 Å². The van der Waals surface area contributed by atoms with Crippen molar-refractivity contribution in [1.82, 2.24) is 9.62 Å². The Morgan fingerprint density at radius 2 is 2.08 bits per heavy atom. The number of carbonyl (C=O) groups excluding carboxylic acids is 1. The third kappa shape index (κ3) is 4.72. The topological polar surface area (TPSA) is 128 Å². The number of benzene rings is 1. The van der Waals surface area contributed by atoms with E-state index in [1.165, 1.54) is 6.07 Å². The van der Waals surface area contributed by atoms with Crippen LogP contribution in [0.4, 0.5) is 5.69 Å². The summed E-state index contributed by atoms with van der Waals surface area (Å²) in [5.41, 5.74) is -1.21. The van der Waals surface area contributed by atoms with E-state index in [1.54, 1.807) is 0 Å². The number of carbonyl (C=O) groups is 1. The zero-order chi connectivity index (χ0) is 18.4. The minimum atomic E-state index is -4.12. The van der Waals surface area contributed by atoms with Gasteiger partial charge in [-0.15, -0.1) is 0 Å². The maximum atomic E-state index is 12.5. The van der Waals surface area contributed by atoms with E-state index in [4.69, 9.17) is 4.74 Å². The fraction of sp³-hybridized carbons (Fsp3) is 0.500. The van der Waals surface area contributed by atoms with Crippen LogP contribution in [0.2, 0.25) is 0 Å². The van der Waals surface area contributed by atoms with Crippen LogP contribution in [0.25, 0.3) is 0 Å². The van der Waals surface area contributed by atoms with Crippen LogP contribution < -0.4 is 4.72 Å². The van der Waals surface area contributed by atoms with E-state index < -0.39 is 37.1 Å². The van der Waals surface area contributed by atoms with E-state index in [-0.39, 0.29) is 6.54 Å². The second kappa shape index (κ2) is 8.34. The van der Waals surface area contributed by atoms with Gasteiger partial charge in [0, 0.05) is 32.2 Å². The summed E-state index contributed by atoms with van der Waals surface area (Å²) in [6, 6.07) is 3.40. The molecular weight excluding hydrogens is 354 g/mol. The van der Waals surface area contributed by atoms with Crippen molar-refractivity contribution < 1.29 is 27.6 Å². The zero-order valence-electron chi connectivity index (χ0n) is 13.6. The van der Waals surface area contributed by atoms with Crippen LogP contribution in [-0.4, -0.2) is 70.7 Å². The lowest BCUT2D eigenvalue weighted by molar-refractivity contribution is -0.385. The molecule has 0 spiro atoms. The molecule has 0 unspecified atom stereocenters. The van der Waals surface area contributed by atoms with Crippen LogP contribution in [0.1, 0.15) is 10.4 Å². The van der Waals surface area contributed by atoms with Gasteiger partial charge in [0.25, 0.3) is 5.69 Å². The third-order valence-corrected chi connectivity index (χ3v) is 5.21. The van der Waals surface area contributed by atoms with E-state index in [1.807, 2.05) is 4.90 Å². The van der Waals surface area contributed by atoms with Gasteiger partial charge < -0.3 is 9.47 Å². The summed E-state index contributed by atoms with van der Waals surface area (Å²) in [4.78, 5) is 23.7. The molecule has 2 rings (SSSR count). The van der Waals surface area contributed by atoms with E-state index >= 15 is 0 Å². The summed E-state index contributed by atoms with van der Waals surface area (Å²) < 4.78 is 37.1. The Bertz CT molecular complexity index is 745. The summed E-state index contributed by atoms with van der Waals surface area (Å²) in [6.45, 7) is 3.14. The van der Waals surface area contributed by atoms with Gasteiger partial charge in [0.15, 0.2) is 5.56 Å². The standard InChI is InChI=1S/C14H19N3O7S/c1-23-14(18)13-11(17(19)20)3-2-4-12(13)25(21,22)15-5-6-16-7-9-24-10-8-16/h2-4,15H,5-10H2,1H3. The maximum Gasteiger partial charge on any atom is 0.346 e. The van der Waals surface area contributed by atoms with Crippen molar-refractivity contribution in [1.29, 1.82) is 0 Å². The number of ether oxygens (including phenoxy) is 2. The molecule has 0 bridgehead atoms. The number of esters is 1. The Kier molecular flexibility index (Phi) is 6.42. The second-order valence-electron chi connectivity index (χ2n) is 5.25.